The molecule has 0 atom stereocenters. The molecule has 9 heteroatoms. The van der Waals surface area contributed by atoms with Gasteiger partial charge in [-0.05, 0) is 13.0 Å². The lowest BCUT2D eigenvalue weighted by atomic mass is 10.4. The third-order valence-electron chi connectivity index (χ3n) is 1.27. The standard InChI is InChI=1S/C8H7F5O4/c1-3-5(16-4(2)14)6(15)17-8(12,13)7(9,10)11/h3H,1-2H3. The molecule has 0 spiro atoms. The zero-order chi connectivity index (χ0) is 13.9. The lowest BCUT2D eigenvalue weighted by Gasteiger charge is -2.19. The Morgan fingerprint density at radius 3 is 1.88 bits per heavy atom. The Morgan fingerprint density at radius 1 is 1.12 bits per heavy atom. The van der Waals surface area contributed by atoms with Gasteiger partial charge >= 0.3 is 24.2 Å². The second kappa shape index (κ2) is 5.11. The summed E-state index contributed by atoms with van der Waals surface area (Å²) in [6.45, 7) is 1.92. The first-order chi connectivity index (χ1) is 7.51. The first kappa shape index (κ1) is 15.3. The van der Waals surface area contributed by atoms with Crippen LogP contribution in [0.1, 0.15) is 13.8 Å². The number of esters is 2. The van der Waals surface area contributed by atoms with Crippen molar-refractivity contribution in [3.8, 4) is 0 Å². The van der Waals surface area contributed by atoms with E-state index in [2.05, 4.69) is 9.47 Å². The van der Waals surface area contributed by atoms with Crippen molar-refractivity contribution in [2.24, 2.45) is 0 Å². The van der Waals surface area contributed by atoms with Crippen molar-refractivity contribution in [3.05, 3.63) is 11.8 Å². The van der Waals surface area contributed by atoms with Crippen molar-refractivity contribution in [2.75, 3.05) is 0 Å². The predicted molar refractivity (Wildman–Crippen MR) is 42.6 cm³/mol. The van der Waals surface area contributed by atoms with E-state index in [1.807, 2.05) is 0 Å². The third kappa shape index (κ3) is 4.37. The van der Waals surface area contributed by atoms with Gasteiger partial charge in [0.2, 0.25) is 5.76 Å². The average Bonchev–Trinajstić information content (AvgIpc) is 2.10. The molecule has 0 amide bonds. The van der Waals surface area contributed by atoms with Gasteiger partial charge < -0.3 is 9.47 Å². The van der Waals surface area contributed by atoms with Gasteiger partial charge in [-0.25, -0.2) is 4.79 Å². The van der Waals surface area contributed by atoms with Crippen molar-refractivity contribution in [1.82, 2.24) is 0 Å². The summed E-state index contributed by atoms with van der Waals surface area (Å²) in [5, 5.41) is 0. The van der Waals surface area contributed by atoms with E-state index in [4.69, 9.17) is 0 Å². The summed E-state index contributed by atoms with van der Waals surface area (Å²) >= 11 is 0. The van der Waals surface area contributed by atoms with Gasteiger partial charge in [0.1, 0.15) is 0 Å². The zero-order valence-corrected chi connectivity index (χ0v) is 8.60. The molecule has 0 aromatic rings. The normalized spacial score (nSPS) is 13.2. The van der Waals surface area contributed by atoms with Crippen LogP contribution in [0.25, 0.3) is 0 Å². The summed E-state index contributed by atoms with van der Waals surface area (Å²) in [5.74, 6) is -4.21. The van der Waals surface area contributed by atoms with Gasteiger partial charge in [-0.15, -0.1) is 0 Å². The molecule has 0 aromatic heterocycles. The number of rotatable bonds is 3. The minimum atomic E-state index is -6.04. The van der Waals surface area contributed by atoms with Crippen LogP contribution in [0.15, 0.2) is 11.8 Å². The first-order valence-corrected chi connectivity index (χ1v) is 4.04. The van der Waals surface area contributed by atoms with E-state index in [0.717, 1.165) is 19.9 Å². The Kier molecular flexibility index (Phi) is 4.60. The largest absolute Gasteiger partial charge is 0.501 e. The fourth-order valence-corrected chi connectivity index (χ4v) is 0.598. The molecule has 98 valence electrons. The summed E-state index contributed by atoms with van der Waals surface area (Å²) in [5.41, 5.74) is 0. The molecule has 0 aromatic carbocycles. The lowest BCUT2D eigenvalue weighted by molar-refractivity contribution is -0.375. The lowest BCUT2D eigenvalue weighted by Crippen LogP contribution is -2.41. The summed E-state index contributed by atoms with van der Waals surface area (Å²) in [6, 6.07) is 0. The fourth-order valence-electron chi connectivity index (χ4n) is 0.598. The monoisotopic (exact) mass is 262 g/mol. The van der Waals surface area contributed by atoms with E-state index in [0.29, 0.717) is 0 Å². The second-order valence-electron chi connectivity index (χ2n) is 2.65. The molecule has 0 unspecified atom stereocenters. The number of allylic oxidation sites excluding steroid dienone is 1. The van der Waals surface area contributed by atoms with Crippen LogP contribution in [0.4, 0.5) is 22.0 Å². The van der Waals surface area contributed by atoms with Crippen LogP contribution < -0.4 is 0 Å². The van der Waals surface area contributed by atoms with Crippen LogP contribution in [0.3, 0.4) is 0 Å². The highest BCUT2D eigenvalue weighted by atomic mass is 19.4. The topological polar surface area (TPSA) is 52.6 Å². The maximum absolute atomic E-state index is 12.3. The molecular formula is C8H7F5O4. The summed E-state index contributed by atoms with van der Waals surface area (Å²) in [4.78, 5) is 21.2. The number of alkyl halides is 5. The Hall–Kier alpha value is -1.67. The van der Waals surface area contributed by atoms with Gasteiger partial charge in [-0.3, -0.25) is 4.79 Å². The van der Waals surface area contributed by atoms with Gasteiger partial charge in [0.05, 0.1) is 0 Å². The summed E-state index contributed by atoms with van der Waals surface area (Å²) in [7, 11) is 0. The van der Waals surface area contributed by atoms with Gasteiger partial charge in [0.25, 0.3) is 0 Å². The second-order valence-corrected chi connectivity index (χ2v) is 2.65. The Morgan fingerprint density at radius 2 is 1.59 bits per heavy atom. The van der Waals surface area contributed by atoms with Gasteiger partial charge in [0.15, 0.2) is 0 Å². The molecule has 0 bridgehead atoms. The van der Waals surface area contributed by atoms with Gasteiger partial charge in [0, 0.05) is 6.92 Å². The molecule has 0 rings (SSSR count). The molecule has 0 saturated carbocycles. The highest BCUT2D eigenvalue weighted by Crippen LogP contribution is 2.36. The molecule has 4 nitrogen and oxygen atoms in total. The number of carbonyl (C=O) groups is 2. The molecule has 0 aliphatic heterocycles. The Labute approximate surface area is 92.0 Å². The highest BCUT2D eigenvalue weighted by molar-refractivity contribution is 5.89. The molecule has 0 fully saturated rings. The Bertz CT molecular complexity index is 344. The highest BCUT2D eigenvalue weighted by Gasteiger charge is 2.62. The van der Waals surface area contributed by atoms with Gasteiger partial charge in [-0.1, -0.05) is 0 Å². The average molecular weight is 262 g/mol. The first-order valence-electron chi connectivity index (χ1n) is 4.04. The molecule has 17 heavy (non-hydrogen) atoms. The minimum Gasteiger partial charge on any atom is -0.419 e. The third-order valence-corrected chi connectivity index (χ3v) is 1.27. The van der Waals surface area contributed by atoms with Crippen LogP contribution in [-0.2, 0) is 19.1 Å². The van der Waals surface area contributed by atoms with Crippen molar-refractivity contribution in [2.45, 2.75) is 26.1 Å². The van der Waals surface area contributed by atoms with E-state index < -0.39 is 30.0 Å². The SMILES string of the molecule is CC=C(OC(C)=O)C(=O)OC(F)(F)C(F)(F)F. The van der Waals surface area contributed by atoms with Crippen LogP contribution in [0.5, 0.6) is 0 Å². The van der Waals surface area contributed by atoms with E-state index in [-0.39, 0.29) is 0 Å². The number of halogens is 5. The number of ether oxygens (including phenoxy) is 2. The minimum absolute atomic E-state index is 0.718. The van der Waals surface area contributed by atoms with Crippen LogP contribution in [-0.4, -0.2) is 24.2 Å². The number of hydrogen-bond donors (Lipinski definition) is 0. The molecule has 0 saturated heterocycles. The molecule has 0 aliphatic rings. The van der Waals surface area contributed by atoms with E-state index in [1.54, 1.807) is 0 Å². The van der Waals surface area contributed by atoms with E-state index >= 15 is 0 Å². The quantitative estimate of drug-likeness (QED) is 0.338. The van der Waals surface area contributed by atoms with Crippen LogP contribution in [0, 0.1) is 0 Å². The zero-order valence-electron chi connectivity index (χ0n) is 8.60. The fraction of sp³-hybridized carbons (Fsp3) is 0.500. The number of carbonyl (C=O) groups excluding carboxylic acids is 2. The maximum atomic E-state index is 12.3. The predicted octanol–water partition coefficient (Wildman–Crippen LogP) is 2.15. The van der Waals surface area contributed by atoms with E-state index in [9.17, 15) is 31.5 Å². The van der Waals surface area contributed by atoms with E-state index in [1.165, 1.54) is 0 Å². The summed E-state index contributed by atoms with van der Waals surface area (Å²) in [6.07, 6.45) is -11.0. The van der Waals surface area contributed by atoms with Crippen molar-refractivity contribution in [3.63, 3.8) is 0 Å². The van der Waals surface area contributed by atoms with Crippen LogP contribution in [0.2, 0.25) is 0 Å². The van der Waals surface area contributed by atoms with Gasteiger partial charge in [-0.2, -0.15) is 22.0 Å². The number of hydrogen-bond acceptors (Lipinski definition) is 4. The molecule has 0 N–H and O–H groups in total. The summed E-state index contributed by atoms with van der Waals surface area (Å²) < 4.78 is 66.5. The van der Waals surface area contributed by atoms with Crippen molar-refractivity contribution >= 4 is 11.9 Å². The van der Waals surface area contributed by atoms with Crippen molar-refractivity contribution < 1.29 is 41.0 Å². The molecule has 0 heterocycles. The Balaban J connectivity index is 4.81. The molecule has 0 aliphatic carbocycles. The molecule has 0 radical (unpaired) electrons. The van der Waals surface area contributed by atoms with Crippen LogP contribution >= 0.6 is 0 Å². The smallest absolute Gasteiger partial charge is 0.419 e. The maximum Gasteiger partial charge on any atom is 0.501 e. The molecular weight excluding hydrogens is 255 g/mol. The van der Waals surface area contributed by atoms with Crippen molar-refractivity contribution in [1.29, 1.82) is 0 Å².